The van der Waals surface area contributed by atoms with Gasteiger partial charge in [0.15, 0.2) is 6.29 Å². The molecular weight excluding hydrogens is 418 g/mol. The van der Waals surface area contributed by atoms with E-state index in [9.17, 15) is 35.7 Å². The predicted molar refractivity (Wildman–Crippen MR) is 100 cm³/mol. The molecule has 11 nitrogen and oxygen atoms in total. The maximum absolute atomic E-state index is 10.5. The topological polar surface area (TPSA) is 181 Å². The molecule has 2 aliphatic heterocycles. The van der Waals surface area contributed by atoms with Crippen molar-refractivity contribution in [2.24, 2.45) is 0 Å². The van der Waals surface area contributed by atoms with Gasteiger partial charge >= 0.3 is 0 Å². The van der Waals surface area contributed by atoms with E-state index in [0.29, 0.717) is 10.9 Å². The molecule has 2 rings (SSSR count). The minimum absolute atomic E-state index is 0.337. The van der Waals surface area contributed by atoms with Crippen molar-refractivity contribution >= 4 is 28.3 Å². The van der Waals surface area contributed by atoms with Gasteiger partial charge in [-0.05, 0) is 6.92 Å². The molecule has 0 aromatic rings. The van der Waals surface area contributed by atoms with Crippen LogP contribution >= 0.6 is 24.0 Å². The van der Waals surface area contributed by atoms with Gasteiger partial charge in [0.1, 0.15) is 58.6 Å². The van der Waals surface area contributed by atoms with Gasteiger partial charge in [-0.3, -0.25) is 0 Å². The fourth-order valence-corrected chi connectivity index (χ4v) is 4.31. The van der Waals surface area contributed by atoms with Crippen molar-refractivity contribution in [3.8, 4) is 0 Å². The number of hydrogen-bond donors (Lipinski definition) is 8. The summed E-state index contributed by atoms with van der Waals surface area (Å²) in [6, 6.07) is 0. The summed E-state index contributed by atoms with van der Waals surface area (Å²) in [5.74, 6) is 0. The van der Waals surface area contributed by atoms with E-state index in [1.165, 1.54) is 0 Å². The van der Waals surface area contributed by atoms with E-state index >= 15 is 0 Å². The van der Waals surface area contributed by atoms with E-state index in [2.05, 4.69) is 5.32 Å². The Bertz CT molecular complexity index is 513. The zero-order valence-electron chi connectivity index (χ0n) is 15.1. The summed E-state index contributed by atoms with van der Waals surface area (Å²) >= 11 is 6.05. The van der Waals surface area contributed by atoms with Gasteiger partial charge in [-0.1, -0.05) is 24.0 Å². The molecule has 28 heavy (non-hydrogen) atoms. The Labute approximate surface area is 171 Å². The molecule has 0 radical (unpaired) electrons. The molecule has 0 aliphatic carbocycles. The summed E-state index contributed by atoms with van der Waals surface area (Å²) in [4.78, 5) is 0. The minimum Gasteiger partial charge on any atom is -0.394 e. The summed E-state index contributed by atoms with van der Waals surface area (Å²) in [6.07, 6.45) is -13.1. The number of thiocarbonyl (C=S) groups is 1. The van der Waals surface area contributed by atoms with Crippen molar-refractivity contribution in [1.29, 1.82) is 0 Å². The molecule has 13 heteroatoms. The van der Waals surface area contributed by atoms with Gasteiger partial charge in [0.25, 0.3) is 0 Å². The van der Waals surface area contributed by atoms with Gasteiger partial charge < -0.3 is 55.3 Å². The average molecular weight is 446 g/mol. The molecular formula is C15H27NO10S2. The fraction of sp³-hybridized carbons (Fsp3) is 0.933. The van der Waals surface area contributed by atoms with Crippen LogP contribution in [0.4, 0.5) is 0 Å². The van der Waals surface area contributed by atoms with Gasteiger partial charge in [-0.25, -0.2) is 0 Å². The number of rotatable bonds is 6. The highest BCUT2D eigenvalue weighted by atomic mass is 32.2. The first-order valence-electron chi connectivity index (χ1n) is 8.78. The standard InChI is InChI=1S/C15H27NO10S2/c1-2-16-15(27)28-14-11(23)9(21)12(6(4-18)25-14)26-13-10(22)8(20)7(19)5(3-17)24-13/h5-14,17-23H,2-4H2,1H3,(H,16,27)/t5-,6?,7-,8+,9?,10-,11?,12?,13-,14?/m1/s1. The number of aliphatic hydroxyl groups is 7. The number of ether oxygens (including phenoxy) is 3. The lowest BCUT2D eigenvalue weighted by Crippen LogP contribution is -2.64. The summed E-state index contributed by atoms with van der Waals surface area (Å²) in [7, 11) is 0. The normalized spacial score (nSPS) is 44.3. The van der Waals surface area contributed by atoms with Crippen molar-refractivity contribution in [2.75, 3.05) is 19.8 Å². The molecule has 0 saturated carbocycles. The summed E-state index contributed by atoms with van der Waals surface area (Å²) in [5, 5.41) is 72.3. The molecule has 8 N–H and O–H groups in total. The minimum atomic E-state index is -1.70. The number of thioether (sulfide) groups is 1. The Balaban J connectivity index is 2.09. The Kier molecular flexibility index (Phi) is 9.25. The van der Waals surface area contributed by atoms with Crippen LogP contribution in [0.5, 0.6) is 0 Å². The van der Waals surface area contributed by atoms with E-state index in [1.807, 2.05) is 6.92 Å². The third kappa shape index (κ3) is 5.30. The zero-order valence-corrected chi connectivity index (χ0v) is 16.7. The van der Waals surface area contributed by atoms with Crippen LogP contribution in [0.15, 0.2) is 0 Å². The van der Waals surface area contributed by atoms with Crippen LogP contribution in [0.3, 0.4) is 0 Å². The predicted octanol–water partition coefficient (Wildman–Crippen LogP) is -3.76. The SMILES string of the molecule is CCNC(=S)SC1OC(CO)C(O[C@H]2O[C@H](CO)[C@@H](O)[C@H](O)[C@H]2O)C(O)C1O. The average Bonchev–Trinajstić information content (AvgIpc) is 2.67. The largest absolute Gasteiger partial charge is 0.394 e. The highest BCUT2D eigenvalue weighted by Gasteiger charge is 2.50. The van der Waals surface area contributed by atoms with Crippen LogP contribution in [0.2, 0.25) is 0 Å². The van der Waals surface area contributed by atoms with Gasteiger partial charge in [-0.15, -0.1) is 0 Å². The van der Waals surface area contributed by atoms with Crippen molar-refractivity contribution < 1.29 is 50.0 Å². The van der Waals surface area contributed by atoms with E-state index in [-0.39, 0.29) is 0 Å². The molecule has 2 saturated heterocycles. The van der Waals surface area contributed by atoms with Crippen molar-refractivity contribution in [1.82, 2.24) is 5.32 Å². The van der Waals surface area contributed by atoms with Crippen LogP contribution in [-0.2, 0) is 14.2 Å². The van der Waals surface area contributed by atoms with E-state index in [1.54, 1.807) is 0 Å². The number of aliphatic hydroxyl groups excluding tert-OH is 7. The fourth-order valence-electron chi connectivity index (χ4n) is 2.94. The molecule has 0 spiro atoms. The van der Waals surface area contributed by atoms with Crippen LogP contribution < -0.4 is 5.32 Å². The smallest absolute Gasteiger partial charge is 0.187 e. The molecule has 0 bridgehead atoms. The number of nitrogens with one attached hydrogen (secondary N) is 1. The molecule has 10 atom stereocenters. The molecule has 0 amide bonds. The second-order valence-corrected chi connectivity index (χ2v) is 8.22. The second-order valence-electron chi connectivity index (χ2n) is 6.44. The highest BCUT2D eigenvalue weighted by molar-refractivity contribution is 8.23. The van der Waals surface area contributed by atoms with Gasteiger partial charge in [0.2, 0.25) is 0 Å². The molecule has 2 heterocycles. The molecule has 5 unspecified atom stereocenters. The van der Waals surface area contributed by atoms with Crippen LogP contribution in [0.1, 0.15) is 6.92 Å². The van der Waals surface area contributed by atoms with Crippen molar-refractivity contribution in [3.05, 3.63) is 0 Å². The molecule has 2 aliphatic rings. The third-order valence-corrected chi connectivity index (χ3v) is 5.92. The summed E-state index contributed by atoms with van der Waals surface area (Å²) in [5.41, 5.74) is -0.978. The Morgan fingerprint density at radius 2 is 1.57 bits per heavy atom. The first-order valence-corrected chi connectivity index (χ1v) is 10.1. The summed E-state index contributed by atoms with van der Waals surface area (Å²) in [6.45, 7) is 1.16. The van der Waals surface area contributed by atoms with E-state index in [4.69, 9.17) is 26.4 Å². The van der Waals surface area contributed by atoms with Gasteiger partial charge in [0.05, 0.1) is 13.2 Å². The van der Waals surface area contributed by atoms with Crippen molar-refractivity contribution in [2.45, 2.75) is 67.5 Å². The third-order valence-electron chi connectivity index (χ3n) is 4.50. The van der Waals surface area contributed by atoms with E-state index < -0.39 is 73.8 Å². The molecule has 164 valence electrons. The lowest BCUT2D eigenvalue weighted by molar-refractivity contribution is -0.338. The first kappa shape index (κ1) is 24.1. The van der Waals surface area contributed by atoms with E-state index in [0.717, 1.165) is 11.8 Å². The second kappa shape index (κ2) is 10.7. The highest BCUT2D eigenvalue weighted by Crippen LogP contribution is 2.32. The quantitative estimate of drug-likeness (QED) is 0.187. The Hall–Kier alpha value is -0.160. The van der Waals surface area contributed by atoms with Crippen LogP contribution in [0, 0.1) is 0 Å². The van der Waals surface area contributed by atoms with Gasteiger partial charge in [0, 0.05) is 6.54 Å². The van der Waals surface area contributed by atoms with Gasteiger partial charge in [-0.2, -0.15) is 0 Å². The van der Waals surface area contributed by atoms with Crippen molar-refractivity contribution in [3.63, 3.8) is 0 Å². The maximum Gasteiger partial charge on any atom is 0.187 e. The Morgan fingerprint density at radius 3 is 2.14 bits per heavy atom. The Morgan fingerprint density at radius 1 is 0.929 bits per heavy atom. The molecule has 2 fully saturated rings. The molecule has 0 aromatic heterocycles. The first-order chi connectivity index (χ1) is 13.2. The van der Waals surface area contributed by atoms with Crippen LogP contribution in [-0.4, -0.2) is 120 Å². The number of hydrogen-bond acceptors (Lipinski definition) is 12. The molecule has 0 aromatic carbocycles. The monoisotopic (exact) mass is 445 g/mol. The lowest BCUT2D eigenvalue weighted by Gasteiger charge is -2.46. The maximum atomic E-state index is 10.5. The lowest BCUT2D eigenvalue weighted by atomic mass is 9.97. The zero-order chi connectivity index (χ0) is 21.0. The summed E-state index contributed by atoms with van der Waals surface area (Å²) < 4.78 is 16.6. The van der Waals surface area contributed by atoms with Crippen LogP contribution in [0.25, 0.3) is 0 Å².